The van der Waals surface area contributed by atoms with Crippen LogP contribution < -0.4 is 0 Å². The lowest BCUT2D eigenvalue weighted by Gasteiger charge is -2.14. The second kappa shape index (κ2) is 9.12. The summed E-state index contributed by atoms with van der Waals surface area (Å²) in [7, 11) is 0. The van der Waals surface area contributed by atoms with Gasteiger partial charge in [0, 0.05) is 43.4 Å². The number of benzene rings is 8. The van der Waals surface area contributed by atoms with E-state index >= 15 is 0 Å². The van der Waals surface area contributed by atoms with Crippen LogP contribution in [0.2, 0.25) is 0 Å². The Labute approximate surface area is 269 Å². The average molecular weight is 599 g/mol. The number of aromatic nitrogens is 2. The molecule has 0 fully saturated rings. The highest BCUT2D eigenvalue weighted by atomic mass is 16.3. The lowest BCUT2D eigenvalue weighted by molar-refractivity contribution is 0.669. The van der Waals surface area contributed by atoms with Crippen molar-refractivity contribution in [3.8, 4) is 11.4 Å². The van der Waals surface area contributed by atoms with E-state index in [-0.39, 0.29) is 0 Å². The molecule has 11 rings (SSSR count). The van der Waals surface area contributed by atoms with Crippen LogP contribution >= 0.6 is 0 Å². The fraction of sp³-hybridized carbons (Fsp3) is 0. The maximum absolute atomic E-state index is 6.41. The van der Waals surface area contributed by atoms with Crippen LogP contribution in [0.4, 0.5) is 0 Å². The topological polar surface area (TPSA) is 23.0 Å². The highest BCUT2D eigenvalue weighted by Crippen LogP contribution is 2.46. The lowest BCUT2D eigenvalue weighted by Crippen LogP contribution is -1.97. The molecule has 0 unspecified atom stereocenters. The lowest BCUT2D eigenvalue weighted by atomic mass is 10.00. The Bertz CT molecular complexity index is 3070. The molecule has 0 saturated heterocycles. The largest absolute Gasteiger partial charge is 0.456 e. The molecule has 0 aliphatic rings. The molecule has 0 bridgehead atoms. The van der Waals surface area contributed by atoms with Crippen LogP contribution in [0, 0.1) is 0 Å². The summed E-state index contributed by atoms with van der Waals surface area (Å²) in [5.74, 6) is 0. The van der Waals surface area contributed by atoms with Crippen LogP contribution in [0.1, 0.15) is 0 Å². The molecule has 3 heterocycles. The van der Waals surface area contributed by atoms with Crippen molar-refractivity contribution in [1.82, 2.24) is 9.13 Å². The molecular weight excluding hydrogens is 572 g/mol. The van der Waals surface area contributed by atoms with Crippen LogP contribution in [-0.4, -0.2) is 9.13 Å². The smallest absolute Gasteiger partial charge is 0.136 e. The molecule has 0 spiro atoms. The zero-order valence-corrected chi connectivity index (χ0v) is 25.3. The molecule has 0 aliphatic carbocycles. The van der Waals surface area contributed by atoms with E-state index in [4.69, 9.17) is 4.42 Å². The summed E-state index contributed by atoms with van der Waals surface area (Å²) < 4.78 is 11.3. The highest BCUT2D eigenvalue weighted by Gasteiger charge is 2.24. The molecule has 8 aromatic carbocycles. The predicted molar refractivity (Wildman–Crippen MR) is 197 cm³/mol. The summed E-state index contributed by atoms with van der Waals surface area (Å²) in [6.07, 6.45) is 0. The molecule has 3 aromatic heterocycles. The van der Waals surface area contributed by atoms with Crippen LogP contribution in [0.3, 0.4) is 0 Å². The number of rotatable bonds is 2. The van der Waals surface area contributed by atoms with Crippen molar-refractivity contribution in [2.45, 2.75) is 0 Å². The van der Waals surface area contributed by atoms with Gasteiger partial charge >= 0.3 is 0 Å². The van der Waals surface area contributed by atoms with Crippen molar-refractivity contribution < 1.29 is 4.42 Å². The first-order valence-electron chi connectivity index (χ1n) is 16.1. The molecule has 11 aromatic rings. The Hall–Kier alpha value is -6.32. The van der Waals surface area contributed by atoms with Crippen molar-refractivity contribution >= 4 is 87.1 Å². The first-order valence-corrected chi connectivity index (χ1v) is 16.1. The van der Waals surface area contributed by atoms with Crippen LogP contribution in [-0.2, 0) is 0 Å². The molecule has 218 valence electrons. The minimum atomic E-state index is 0.913. The molecule has 0 atom stereocenters. The molecule has 0 amide bonds. The zero-order chi connectivity index (χ0) is 30.6. The van der Waals surface area contributed by atoms with E-state index < -0.39 is 0 Å². The third-order valence-corrected chi connectivity index (χ3v) is 10.1. The van der Waals surface area contributed by atoms with Gasteiger partial charge in [-0.2, -0.15) is 0 Å². The molecule has 47 heavy (non-hydrogen) atoms. The van der Waals surface area contributed by atoms with Gasteiger partial charge in [0.05, 0.1) is 27.8 Å². The summed E-state index contributed by atoms with van der Waals surface area (Å²) in [5.41, 5.74) is 8.92. The molecule has 3 nitrogen and oxygen atoms in total. The van der Waals surface area contributed by atoms with Gasteiger partial charge in [-0.15, -0.1) is 0 Å². The van der Waals surface area contributed by atoms with Gasteiger partial charge in [-0.3, -0.25) is 0 Å². The van der Waals surface area contributed by atoms with E-state index in [0.717, 1.165) is 22.2 Å². The van der Waals surface area contributed by atoms with E-state index in [1.54, 1.807) is 0 Å². The van der Waals surface area contributed by atoms with E-state index in [0.29, 0.717) is 0 Å². The van der Waals surface area contributed by atoms with Gasteiger partial charge in [0.15, 0.2) is 0 Å². The maximum atomic E-state index is 6.41. The molecule has 0 aliphatic heterocycles. The Kier molecular flexibility index (Phi) is 4.84. The Balaban J connectivity index is 1.39. The Morgan fingerprint density at radius 2 is 1.02 bits per heavy atom. The van der Waals surface area contributed by atoms with Gasteiger partial charge in [0.25, 0.3) is 0 Å². The second-order valence-corrected chi connectivity index (χ2v) is 12.5. The first-order chi connectivity index (χ1) is 23.3. The fourth-order valence-electron chi connectivity index (χ4n) is 8.19. The summed E-state index contributed by atoms with van der Waals surface area (Å²) in [6, 6.07) is 57.0. The average Bonchev–Trinajstić information content (AvgIpc) is 3.79. The third-order valence-electron chi connectivity index (χ3n) is 10.1. The molecule has 0 radical (unpaired) electrons. The van der Waals surface area contributed by atoms with Gasteiger partial charge in [-0.05, 0) is 64.7 Å². The predicted octanol–water partition coefficient (Wildman–Crippen LogP) is 12.1. The quantitative estimate of drug-likeness (QED) is 0.182. The van der Waals surface area contributed by atoms with E-state index in [1.807, 2.05) is 6.07 Å². The Morgan fingerprint density at radius 1 is 0.362 bits per heavy atom. The van der Waals surface area contributed by atoms with Crippen LogP contribution in [0.15, 0.2) is 162 Å². The minimum absolute atomic E-state index is 0.913. The number of hydrogen-bond acceptors (Lipinski definition) is 1. The normalized spacial score (nSPS) is 12.3. The van der Waals surface area contributed by atoms with Gasteiger partial charge in [-0.1, -0.05) is 109 Å². The van der Waals surface area contributed by atoms with Gasteiger partial charge in [-0.25, -0.2) is 0 Å². The van der Waals surface area contributed by atoms with Gasteiger partial charge < -0.3 is 13.6 Å². The third kappa shape index (κ3) is 3.25. The number of para-hydroxylation sites is 3. The highest BCUT2D eigenvalue weighted by molar-refractivity contribution is 6.33. The zero-order valence-electron chi connectivity index (χ0n) is 25.3. The van der Waals surface area contributed by atoms with Crippen LogP contribution in [0.25, 0.3) is 98.5 Å². The number of nitrogens with zero attached hydrogens (tertiary/aromatic N) is 2. The van der Waals surface area contributed by atoms with Gasteiger partial charge in [0.1, 0.15) is 11.2 Å². The maximum Gasteiger partial charge on any atom is 0.136 e. The monoisotopic (exact) mass is 598 g/mol. The summed E-state index contributed by atoms with van der Waals surface area (Å²) >= 11 is 0. The van der Waals surface area contributed by atoms with Gasteiger partial charge in [0.2, 0.25) is 0 Å². The van der Waals surface area contributed by atoms with E-state index in [1.165, 1.54) is 76.2 Å². The SMILES string of the molecule is c1ccc(-n2c3ccc4oc5ccccc5c4c3c3ccc4c(c5ccccc5n4-c4cc5ccccc5c5ccccc45)c32)cc1. The van der Waals surface area contributed by atoms with Crippen molar-refractivity contribution in [2.75, 3.05) is 0 Å². The summed E-state index contributed by atoms with van der Waals surface area (Å²) in [5, 5.41) is 12.3. The van der Waals surface area contributed by atoms with Crippen molar-refractivity contribution in [3.63, 3.8) is 0 Å². The molecule has 0 saturated carbocycles. The number of furan rings is 1. The van der Waals surface area contributed by atoms with Crippen molar-refractivity contribution in [3.05, 3.63) is 158 Å². The summed E-state index contributed by atoms with van der Waals surface area (Å²) in [4.78, 5) is 0. The second-order valence-electron chi connectivity index (χ2n) is 12.5. The van der Waals surface area contributed by atoms with E-state index in [2.05, 4.69) is 161 Å². The standard InChI is InChI=1S/C44H26N2O/c1-2-13-28(14-3-1)45-36-24-25-40-43(33-19-9-11-21-39(33)47-40)41(36)34-22-23-37-42(44(34)45)32-18-8-10-20-35(32)46(37)38-26-27-12-4-5-15-29(27)30-16-6-7-17-31(30)38/h1-26H. The summed E-state index contributed by atoms with van der Waals surface area (Å²) in [6.45, 7) is 0. The minimum Gasteiger partial charge on any atom is -0.456 e. The molecule has 0 N–H and O–H groups in total. The fourth-order valence-corrected chi connectivity index (χ4v) is 8.19. The number of fused-ring (bicyclic) bond motifs is 14. The molecule has 3 heteroatoms. The van der Waals surface area contributed by atoms with E-state index in [9.17, 15) is 0 Å². The van der Waals surface area contributed by atoms with Crippen molar-refractivity contribution in [1.29, 1.82) is 0 Å². The van der Waals surface area contributed by atoms with Crippen molar-refractivity contribution in [2.24, 2.45) is 0 Å². The molecular formula is C44H26N2O. The van der Waals surface area contributed by atoms with Crippen LogP contribution in [0.5, 0.6) is 0 Å². The first kappa shape index (κ1) is 24.9. The Morgan fingerprint density at radius 3 is 1.89 bits per heavy atom. The number of hydrogen-bond donors (Lipinski definition) is 0.